The summed E-state index contributed by atoms with van der Waals surface area (Å²) in [4.78, 5) is 15.1. The minimum Gasteiger partial charge on any atom is -0.358 e. The smallest absolute Gasteiger partial charge is 0.178 e. The summed E-state index contributed by atoms with van der Waals surface area (Å²) < 4.78 is 0. The Hall–Kier alpha value is -1.09. The van der Waals surface area contributed by atoms with E-state index in [0.29, 0.717) is 0 Å². The number of halogens is 1. The molecule has 0 aliphatic rings. The van der Waals surface area contributed by atoms with E-state index in [1.54, 1.807) is 0 Å². The number of alkyl halides is 1. The van der Waals surface area contributed by atoms with E-state index in [4.69, 9.17) is 0 Å². The van der Waals surface area contributed by atoms with Crippen molar-refractivity contribution in [2.75, 3.05) is 0 Å². The van der Waals surface area contributed by atoms with Crippen LogP contribution < -0.4 is 0 Å². The first-order chi connectivity index (χ1) is 7.11. The van der Waals surface area contributed by atoms with Gasteiger partial charge in [-0.1, -0.05) is 34.1 Å². The first-order valence-electron chi connectivity index (χ1n) is 4.87. The number of hydrogen-bond acceptors (Lipinski definition) is 1. The van der Waals surface area contributed by atoms with Crippen molar-refractivity contribution in [3.05, 3.63) is 35.5 Å². The number of fused-ring (bicyclic) bond motifs is 1. The van der Waals surface area contributed by atoms with Gasteiger partial charge in [-0.3, -0.25) is 4.79 Å². The predicted molar refractivity (Wildman–Crippen MR) is 65.8 cm³/mol. The number of aryl methyl sites for hydroxylation is 1. The number of benzene rings is 1. The second-order valence-electron chi connectivity index (χ2n) is 3.65. The van der Waals surface area contributed by atoms with Crippen LogP contribution in [-0.4, -0.2) is 15.6 Å². The van der Waals surface area contributed by atoms with Crippen molar-refractivity contribution in [2.45, 2.75) is 18.7 Å². The largest absolute Gasteiger partial charge is 0.358 e. The van der Waals surface area contributed by atoms with Gasteiger partial charge in [0.2, 0.25) is 0 Å². The summed E-state index contributed by atoms with van der Waals surface area (Å²) in [5.41, 5.74) is 2.76. The van der Waals surface area contributed by atoms with Gasteiger partial charge in [0.1, 0.15) is 0 Å². The molecule has 0 saturated heterocycles. The minimum atomic E-state index is -0.143. The van der Waals surface area contributed by atoms with E-state index in [0.717, 1.165) is 22.2 Å². The van der Waals surface area contributed by atoms with Gasteiger partial charge in [0.25, 0.3) is 0 Å². The molecule has 0 aliphatic carbocycles. The van der Waals surface area contributed by atoms with Crippen molar-refractivity contribution in [3.63, 3.8) is 0 Å². The van der Waals surface area contributed by atoms with E-state index in [1.165, 1.54) is 0 Å². The fraction of sp³-hybridized carbons (Fsp3) is 0.250. The highest BCUT2D eigenvalue weighted by Crippen LogP contribution is 2.24. The molecule has 0 saturated carbocycles. The number of nitrogens with one attached hydrogen (secondary N) is 1. The average molecular weight is 266 g/mol. The lowest BCUT2D eigenvalue weighted by molar-refractivity contribution is 0.0997. The van der Waals surface area contributed by atoms with Gasteiger partial charge >= 0.3 is 0 Å². The number of aromatic nitrogens is 1. The lowest BCUT2D eigenvalue weighted by Gasteiger charge is -2.02. The lowest BCUT2D eigenvalue weighted by atomic mass is 10.1. The molecule has 2 aromatic rings. The summed E-state index contributed by atoms with van der Waals surface area (Å²) in [7, 11) is 0. The average Bonchev–Trinajstić information content (AvgIpc) is 2.52. The van der Waals surface area contributed by atoms with Crippen LogP contribution >= 0.6 is 15.9 Å². The second-order valence-corrected chi connectivity index (χ2v) is 5.02. The van der Waals surface area contributed by atoms with E-state index in [-0.39, 0.29) is 10.6 Å². The Labute approximate surface area is 96.8 Å². The summed E-state index contributed by atoms with van der Waals surface area (Å²) in [6.45, 7) is 3.78. The second kappa shape index (κ2) is 3.81. The number of aromatic amines is 1. The maximum atomic E-state index is 12.0. The number of para-hydroxylation sites is 1. The van der Waals surface area contributed by atoms with Crippen LogP contribution in [0.1, 0.15) is 23.0 Å². The quantitative estimate of drug-likeness (QED) is 0.655. The Bertz CT molecular complexity index is 513. The van der Waals surface area contributed by atoms with Crippen LogP contribution in [0.5, 0.6) is 0 Å². The molecule has 1 heterocycles. The molecule has 78 valence electrons. The molecule has 2 rings (SSSR count). The van der Waals surface area contributed by atoms with Crippen LogP contribution in [0.3, 0.4) is 0 Å². The number of hydrogen-bond donors (Lipinski definition) is 1. The summed E-state index contributed by atoms with van der Waals surface area (Å²) in [5, 5.41) is 1.01. The van der Waals surface area contributed by atoms with E-state index in [9.17, 15) is 4.79 Å². The number of carbonyl (C=O) groups is 1. The SMILES string of the molecule is Cc1[nH]c2ccccc2c1C(=O)[C@H](C)Br. The normalized spacial score (nSPS) is 13.0. The number of Topliss-reactive ketones (excluding diaryl/α,β-unsaturated/α-hetero) is 1. The van der Waals surface area contributed by atoms with Crippen LogP contribution in [0.4, 0.5) is 0 Å². The van der Waals surface area contributed by atoms with Crippen LogP contribution in [0, 0.1) is 6.92 Å². The fourth-order valence-electron chi connectivity index (χ4n) is 1.79. The van der Waals surface area contributed by atoms with Crippen molar-refractivity contribution >= 4 is 32.6 Å². The zero-order valence-corrected chi connectivity index (χ0v) is 10.3. The lowest BCUT2D eigenvalue weighted by Crippen LogP contribution is -2.10. The monoisotopic (exact) mass is 265 g/mol. The van der Waals surface area contributed by atoms with Gasteiger partial charge in [-0.05, 0) is 19.9 Å². The van der Waals surface area contributed by atoms with Crippen molar-refractivity contribution in [1.82, 2.24) is 4.98 Å². The van der Waals surface area contributed by atoms with Gasteiger partial charge in [0.05, 0.1) is 4.83 Å². The Morgan fingerprint density at radius 2 is 2.07 bits per heavy atom. The van der Waals surface area contributed by atoms with Crippen LogP contribution in [0.25, 0.3) is 10.9 Å². The van der Waals surface area contributed by atoms with Crippen molar-refractivity contribution in [2.24, 2.45) is 0 Å². The molecule has 2 nitrogen and oxygen atoms in total. The molecule has 1 aromatic carbocycles. The van der Waals surface area contributed by atoms with Crippen molar-refractivity contribution < 1.29 is 4.79 Å². The van der Waals surface area contributed by atoms with E-state index < -0.39 is 0 Å². The van der Waals surface area contributed by atoms with Crippen molar-refractivity contribution in [3.8, 4) is 0 Å². The molecule has 1 N–H and O–H groups in total. The molecule has 15 heavy (non-hydrogen) atoms. The standard InChI is InChI=1S/C12H12BrNO/c1-7(13)12(15)11-8(2)14-10-6-4-3-5-9(10)11/h3-7,14H,1-2H3/t7-/m0/s1. The zero-order chi connectivity index (χ0) is 11.0. The molecule has 0 bridgehead atoms. The molecule has 0 fully saturated rings. The third-order valence-corrected chi connectivity index (χ3v) is 2.92. The summed E-state index contributed by atoms with van der Waals surface area (Å²) >= 11 is 3.32. The molecule has 1 aromatic heterocycles. The Morgan fingerprint density at radius 3 is 2.73 bits per heavy atom. The zero-order valence-electron chi connectivity index (χ0n) is 8.67. The van der Waals surface area contributed by atoms with E-state index >= 15 is 0 Å². The molecule has 1 atom stereocenters. The number of ketones is 1. The van der Waals surface area contributed by atoms with Crippen molar-refractivity contribution in [1.29, 1.82) is 0 Å². The topological polar surface area (TPSA) is 32.9 Å². The molecule has 0 unspecified atom stereocenters. The maximum absolute atomic E-state index is 12.0. The van der Waals surface area contributed by atoms with Crippen LogP contribution in [0.15, 0.2) is 24.3 Å². The van der Waals surface area contributed by atoms with Gasteiger partial charge in [-0.25, -0.2) is 0 Å². The third-order valence-electron chi connectivity index (χ3n) is 2.50. The molecule has 3 heteroatoms. The molecule has 0 radical (unpaired) electrons. The van der Waals surface area contributed by atoms with Gasteiger partial charge in [0.15, 0.2) is 5.78 Å². The Balaban J connectivity index is 2.69. The number of rotatable bonds is 2. The third kappa shape index (κ3) is 1.72. The van der Waals surface area contributed by atoms with Gasteiger partial charge in [-0.15, -0.1) is 0 Å². The Kier molecular flexibility index (Phi) is 2.65. The molecule has 0 amide bonds. The predicted octanol–water partition coefficient (Wildman–Crippen LogP) is 3.44. The van der Waals surface area contributed by atoms with Crippen LogP contribution in [-0.2, 0) is 0 Å². The van der Waals surface area contributed by atoms with Gasteiger partial charge < -0.3 is 4.98 Å². The highest BCUT2D eigenvalue weighted by atomic mass is 79.9. The molecular formula is C12H12BrNO. The summed E-state index contributed by atoms with van der Waals surface area (Å²) in [6.07, 6.45) is 0. The summed E-state index contributed by atoms with van der Waals surface area (Å²) in [6, 6.07) is 7.87. The van der Waals surface area contributed by atoms with Gasteiger partial charge in [-0.2, -0.15) is 0 Å². The molecule has 0 aliphatic heterocycles. The maximum Gasteiger partial charge on any atom is 0.178 e. The highest BCUT2D eigenvalue weighted by molar-refractivity contribution is 9.10. The minimum absolute atomic E-state index is 0.130. The van der Waals surface area contributed by atoms with E-state index in [2.05, 4.69) is 20.9 Å². The van der Waals surface area contributed by atoms with E-state index in [1.807, 2.05) is 38.1 Å². The number of H-pyrrole nitrogens is 1. The first kappa shape index (κ1) is 10.4. The van der Waals surface area contributed by atoms with Crippen LogP contribution in [0.2, 0.25) is 0 Å². The molecule has 0 spiro atoms. The fourth-order valence-corrected chi connectivity index (χ4v) is 2.02. The highest BCUT2D eigenvalue weighted by Gasteiger charge is 2.18. The first-order valence-corrected chi connectivity index (χ1v) is 5.78. The van der Waals surface area contributed by atoms with Gasteiger partial charge in [0, 0.05) is 22.2 Å². The summed E-state index contributed by atoms with van der Waals surface area (Å²) in [5.74, 6) is 0.130. The Morgan fingerprint density at radius 1 is 1.40 bits per heavy atom. The molecular weight excluding hydrogens is 254 g/mol. The number of carbonyl (C=O) groups excluding carboxylic acids is 1.